The van der Waals surface area contributed by atoms with Crippen molar-refractivity contribution in [3.63, 3.8) is 0 Å². The Balaban J connectivity index is 1.54. The molecule has 0 spiro atoms. The molecule has 2 aromatic carbocycles. The van der Waals surface area contributed by atoms with Crippen LogP contribution < -0.4 is 10.5 Å². The summed E-state index contributed by atoms with van der Waals surface area (Å²) in [4.78, 5) is 23.2. The van der Waals surface area contributed by atoms with Crippen molar-refractivity contribution in [2.75, 3.05) is 0 Å². The van der Waals surface area contributed by atoms with Crippen molar-refractivity contribution < 1.29 is 19.1 Å². The summed E-state index contributed by atoms with van der Waals surface area (Å²) in [6, 6.07) is 12.4. The van der Waals surface area contributed by atoms with Crippen LogP contribution in [0.2, 0.25) is 10.0 Å². The first kappa shape index (κ1) is 22.9. The van der Waals surface area contributed by atoms with Crippen LogP contribution in [0.3, 0.4) is 0 Å². The standard InChI is InChI=1S/C22H22Cl2N2O5/c1-22(2,20(27)28)31-16-9-6-14(7-10-16)4-3-5-19-25-26(21(29)30-19)13-15-8-11-17(23)18(24)12-15/h6-12H,3-5,13H2,1-2H3,(H,27,28). The van der Waals surface area contributed by atoms with Crippen LogP contribution in [-0.2, 0) is 24.2 Å². The maximum Gasteiger partial charge on any atom is 0.437 e. The van der Waals surface area contributed by atoms with E-state index in [1.165, 1.54) is 18.5 Å². The van der Waals surface area contributed by atoms with Crippen molar-refractivity contribution >= 4 is 29.2 Å². The lowest BCUT2D eigenvalue weighted by molar-refractivity contribution is -0.152. The summed E-state index contributed by atoms with van der Waals surface area (Å²) in [5.74, 6) is -0.698. The number of aliphatic carboxylic acids is 1. The molecule has 0 fully saturated rings. The van der Waals surface area contributed by atoms with E-state index in [9.17, 15) is 9.59 Å². The highest BCUT2D eigenvalue weighted by atomic mass is 35.5. The Kier molecular flexibility index (Phi) is 7.08. The second-order valence-electron chi connectivity index (χ2n) is 7.58. The highest BCUT2D eigenvalue weighted by molar-refractivity contribution is 6.42. The van der Waals surface area contributed by atoms with Gasteiger partial charge in [0, 0.05) is 6.42 Å². The first-order valence-corrected chi connectivity index (χ1v) is 10.4. The van der Waals surface area contributed by atoms with E-state index in [0.717, 1.165) is 24.0 Å². The van der Waals surface area contributed by atoms with E-state index in [1.54, 1.807) is 30.3 Å². The minimum absolute atomic E-state index is 0.243. The summed E-state index contributed by atoms with van der Waals surface area (Å²) in [7, 11) is 0. The van der Waals surface area contributed by atoms with E-state index in [2.05, 4.69) is 5.10 Å². The van der Waals surface area contributed by atoms with Gasteiger partial charge >= 0.3 is 11.7 Å². The molecule has 9 heteroatoms. The topological polar surface area (TPSA) is 94.6 Å². The van der Waals surface area contributed by atoms with E-state index < -0.39 is 17.3 Å². The van der Waals surface area contributed by atoms with Gasteiger partial charge in [0.2, 0.25) is 5.89 Å². The smallest absolute Gasteiger partial charge is 0.437 e. The van der Waals surface area contributed by atoms with Gasteiger partial charge in [0.15, 0.2) is 5.60 Å². The summed E-state index contributed by atoms with van der Waals surface area (Å²) >= 11 is 11.9. The third kappa shape index (κ3) is 6.12. The number of ether oxygens (including phenoxy) is 1. The van der Waals surface area contributed by atoms with Gasteiger partial charge in [0.25, 0.3) is 0 Å². The highest BCUT2D eigenvalue weighted by Gasteiger charge is 2.29. The highest BCUT2D eigenvalue weighted by Crippen LogP contribution is 2.23. The van der Waals surface area contributed by atoms with Gasteiger partial charge in [-0.05, 0) is 62.1 Å². The molecule has 1 aromatic heterocycles. The Morgan fingerprint density at radius 2 is 1.77 bits per heavy atom. The van der Waals surface area contributed by atoms with E-state index >= 15 is 0 Å². The third-order valence-corrected chi connectivity index (χ3v) is 5.37. The molecule has 1 N–H and O–H groups in total. The molecule has 1 heterocycles. The Hall–Kier alpha value is -2.77. The van der Waals surface area contributed by atoms with Crippen LogP contribution >= 0.6 is 23.2 Å². The molecule has 0 radical (unpaired) electrons. The van der Waals surface area contributed by atoms with Gasteiger partial charge in [-0.2, -0.15) is 4.68 Å². The second kappa shape index (κ2) is 9.58. The number of hydrogen-bond acceptors (Lipinski definition) is 5. The van der Waals surface area contributed by atoms with Gasteiger partial charge in [-0.25, -0.2) is 9.59 Å². The van der Waals surface area contributed by atoms with E-state index in [0.29, 0.717) is 28.1 Å². The quantitative estimate of drug-likeness (QED) is 0.496. The monoisotopic (exact) mass is 464 g/mol. The number of aromatic nitrogens is 2. The first-order chi connectivity index (χ1) is 14.6. The number of hydrogen-bond donors (Lipinski definition) is 1. The predicted molar refractivity (Wildman–Crippen MR) is 117 cm³/mol. The van der Waals surface area contributed by atoms with Crippen molar-refractivity contribution in [3.05, 3.63) is 80.1 Å². The summed E-state index contributed by atoms with van der Waals surface area (Å²) < 4.78 is 12.0. The van der Waals surface area contributed by atoms with E-state index in [1.807, 2.05) is 12.1 Å². The fraction of sp³-hybridized carbons (Fsp3) is 0.318. The molecule has 0 unspecified atom stereocenters. The minimum atomic E-state index is -1.30. The molecule has 0 saturated carbocycles. The van der Waals surface area contributed by atoms with Crippen LogP contribution in [0.5, 0.6) is 5.75 Å². The molecule has 31 heavy (non-hydrogen) atoms. The summed E-state index contributed by atoms with van der Waals surface area (Å²) in [6.45, 7) is 3.24. The molecule has 164 valence electrons. The molecule has 3 rings (SSSR count). The van der Waals surface area contributed by atoms with Gasteiger partial charge in [0.05, 0.1) is 16.6 Å². The summed E-state index contributed by atoms with van der Waals surface area (Å²) in [5, 5.41) is 14.2. The maximum absolute atomic E-state index is 12.0. The maximum atomic E-state index is 12.0. The number of carboxylic acids is 1. The fourth-order valence-corrected chi connectivity index (χ4v) is 3.19. The van der Waals surface area contributed by atoms with Gasteiger partial charge in [-0.1, -0.05) is 41.4 Å². The minimum Gasteiger partial charge on any atom is -0.478 e. The van der Waals surface area contributed by atoms with Crippen molar-refractivity contribution in [3.8, 4) is 5.75 Å². The number of nitrogens with zero attached hydrogens (tertiary/aromatic N) is 2. The lowest BCUT2D eigenvalue weighted by Crippen LogP contribution is -2.37. The lowest BCUT2D eigenvalue weighted by Gasteiger charge is -2.21. The van der Waals surface area contributed by atoms with Gasteiger partial charge in [0.1, 0.15) is 5.75 Å². The van der Waals surface area contributed by atoms with Crippen LogP contribution in [0, 0.1) is 0 Å². The van der Waals surface area contributed by atoms with Crippen molar-refractivity contribution in [2.24, 2.45) is 0 Å². The number of carboxylic acid groups (broad SMARTS) is 1. The number of halogens is 2. The molecule has 7 nitrogen and oxygen atoms in total. The van der Waals surface area contributed by atoms with Gasteiger partial charge in [-0.15, -0.1) is 5.10 Å². The average molecular weight is 465 g/mol. The molecule has 3 aromatic rings. The second-order valence-corrected chi connectivity index (χ2v) is 8.40. The Labute approximate surface area is 189 Å². The molecule has 0 aliphatic carbocycles. The van der Waals surface area contributed by atoms with Crippen LogP contribution in [0.4, 0.5) is 0 Å². The van der Waals surface area contributed by atoms with Crippen molar-refractivity contribution in [1.82, 2.24) is 9.78 Å². The summed E-state index contributed by atoms with van der Waals surface area (Å²) in [6.07, 6.45) is 1.98. The normalized spacial score (nSPS) is 11.5. The van der Waals surface area contributed by atoms with E-state index in [4.69, 9.17) is 37.5 Å². The zero-order valence-electron chi connectivity index (χ0n) is 17.1. The van der Waals surface area contributed by atoms with Crippen molar-refractivity contribution in [2.45, 2.75) is 45.3 Å². The SMILES string of the molecule is CC(C)(Oc1ccc(CCCc2nn(Cc3ccc(Cl)c(Cl)c3)c(=O)o2)cc1)C(=O)O. The molecule has 0 amide bonds. The predicted octanol–water partition coefficient (Wildman–Crippen LogP) is 4.61. The molecule has 0 aliphatic rings. The fourth-order valence-electron chi connectivity index (χ4n) is 2.87. The number of aryl methyl sites for hydroxylation is 2. The van der Waals surface area contributed by atoms with Crippen LogP contribution in [0.15, 0.2) is 51.7 Å². The molecule has 0 saturated heterocycles. The Morgan fingerprint density at radius 1 is 1.10 bits per heavy atom. The Morgan fingerprint density at radius 3 is 2.42 bits per heavy atom. The molecular formula is C22H22Cl2N2O5. The van der Waals surface area contributed by atoms with E-state index in [-0.39, 0.29) is 6.54 Å². The lowest BCUT2D eigenvalue weighted by atomic mass is 10.1. The zero-order chi connectivity index (χ0) is 22.6. The number of rotatable bonds is 9. The van der Waals surface area contributed by atoms with Crippen LogP contribution in [0.1, 0.15) is 37.3 Å². The van der Waals surface area contributed by atoms with Crippen LogP contribution in [-0.4, -0.2) is 26.5 Å². The molecule has 0 atom stereocenters. The third-order valence-electron chi connectivity index (χ3n) is 4.63. The summed E-state index contributed by atoms with van der Waals surface area (Å²) in [5.41, 5.74) is 0.553. The van der Waals surface area contributed by atoms with Gasteiger partial charge < -0.3 is 14.3 Å². The van der Waals surface area contributed by atoms with Crippen molar-refractivity contribution in [1.29, 1.82) is 0 Å². The number of benzene rings is 2. The van der Waals surface area contributed by atoms with Crippen LogP contribution in [0.25, 0.3) is 0 Å². The first-order valence-electron chi connectivity index (χ1n) is 9.66. The molecule has 0 aliphatic heterocycles. The molecule has 0 bridgehead atoms. The average Bonchev–Trinajstić information content (AvgIpc) is 3.05. The largest absolute Gasteiger partial charge is 0.478 e. The zero-order valence-corrected chi connectivity index (χ0v) is 18.6. The number of carbonyl (C=O) groups is 1. The Bertz CT molecular complexity index is 1120. The molecular weight excluding hydrogens is 443 g/mol. The van der Waals surface area contributed by atoms with Gasteiger partial charge in [-0.3, -0.25) is 0 Å².